The summed E-state index contributed by atoms with van der Waals surface area (Å²) in [6.45, 7) is -0.150. The highest BCUT2D eigenvalue weighted by atomic mass is 16.5. The van der Waals surface area contributed by atoms with Gasteiger partial charge in [0.05, 0.1) is 31.0 Å². The van der Waals surface area contributed by atoms with Crippen LogP contribution in [0.1, 0.15) is 25.7 Å². The van der Waals surface area contributed by atoms with E-state index in [1.54, 1.807) is 7.11 Å². The quantitative estimate of drug-likeness (QED) is 0.765. The van der Waals surface area contributed by atoms with Crippen molar-refractivity contribution < 1.29 is 19.7 Å². The second-order valence-corrected chi connectivity index (χ2v) is 5.28. The smallest absolute Gasteiger partial charge is 0.107 e. The monoisotopic (exact) mass is 255 g/mol. The van der Waals surface area contributed by atoms with Gasteiger partial charge in [0, 0.05) is 25.4 Å². The van der Waals surface area contributed by atoms with Crippen LogP contribution in [0.4, 0.5) is 0 Å². The molecule has 0 aromatic rings. The summed E-state index contributed by atoms with van der Waals surface area (Å²) >= 11 is 0. The van der Waals surface area contributed by atoms with Crippen molar-refractivity contribution in [1.82, 2.24) is 0 Å². The van der Waals surface area contributed by atoms with Gasteiger partial charge in [-0.05, 0) is 19.3 Å². The van der Waals surface area contributed by atoms with Crippen LogP contribution in [0.15, 0.2) is 0 Å². The number of aliphatic hydroxyl groups excluding tert-OH is 2. The Hall–Kier alpha value is -0.670. The predicted molar refractivity (Wildman–Crippen MR) is 63.6 cm³/mol. The van der Waals surface area contributed by atoms with Gasteiger partial charge in [-0.25, -0.2) is 0 Å². The lowest BCUT2D eigenvalue weighted by Gasteiger charge is -2.36. The van der Waals surface area contributed by atoms with Crippen LogP contribution in [0.25, 0.3) is 0 Å². The molecule has 18 heavy (non-hydrogen) atoms. The Balaban J connectivity index is 1.98. The Morgan fingerprint density at radius 1 is 1.39 bits per heavy atom. The highest BCUT2D eigenvalue weighted by Crippen LogP contribution is 2.38. The SMILES string of the molecule is COC1CC(C#N)CCC1C1CC(O)C(CO)O1. The minimum atomic E-state index is -0.591. The molecule has 2 fully saturated rings. The van der Waals surface area contributed by atoms with Crippen molar-refractivity contribution in [2.24, 2.45) is 11.8 Å². The van der Waals surface area contributed by atoms with E-state index in [1.807, 2.05) is 0 Å². The normalized spacial score (nSPS) is 44.8. The Kier molecular flexibility index (Phi) is 4.57. The van der Waals surface area contributed by atoms with Gasteiger partial charge in [-0.2, -0.15) is 5.26 Å². The van der Waals surface area contributed by atoms with Gasteiger partial charge in [0.1, 0.15) is 6.10 Å². The van der Waals surface area contributed by atoms with Gasteiger partial charge >= 0.3 is 0 Å². The molecule has 2 N–H and O–H groups in total. The summed E-state index contributed by atoms with van der Waals surface area (Å²) in [5, 5.41) is 27.8. The standard InChI is InChI=1S/C13H21NO4/c1-17-11-4-8(6-14)2-3-9(11)12-5-10(16)13(7-15)18-12/h8-13,15-16H,2-5,7H2,1H3. The van der Waals surface area contributed by atoms with Crippen molar-refractivity contribution in [3.05, 3.63) is 0 Å². The largest absolute Gasteiger partial charge is 0.394 e. The average molecular weight is 255 g/mol. The van der Waals surface area contributed by atoms with E-state index < -0.39 is 12.2 Å². The van der Waals surface area contributed by atoms with Crippen molar-refractivity contribution in [2.45, 2.75) is 50.1 Å². The molecule has 102 valence electrons. The maximum Gasteiger partial charge on any atom is 0.107 e. The first kappa shape index (κ1) is 13.8. The molecule has 0 aromatic carbocycles. The number of hydrogen-bond acceptors (Lipinski definition) is 5. The Morgan fingerprint density at radius 3 is 2.72 bits per heavy atom. The van der Waals surface area contributed by atoms with Gasteiger partial charge < -0.3 is 19.7 Å². The van der Waals surface area contributed by atoms with Crippen molar-refractivity contribution in [2.75, 3.05) is 13.7 Å². The third-order valence-corrected chi connectivity index (χ3v) is 4.24. The number of nitriles is 1. The van der Waals surface area contributed by atoms with Crippen LogP contribution in [0.2, 0.25) is 0 Å². The molecule has 2 rings (SSSR count). The Bertz CT molecular complexity index is 317. The van der Waals surface area contributed by atoms with Crippen LogP contribution in [0, 0.1) is 23.2 Å². The van der Waals surface area contributed by atoms with E-state index in [0.29, 0.717) is 6.42 Å². The molecule has 0 bridgehead atoms. The number of methoxy groups -OCH3 is 1. The molecule has 0 aromatic heterocycles. The molecule has 5 nitrogen and oxygen atoms in total. The topological polar surface area (TPSA) is 82.7 Å². The summed E-state index contributed by atoms with van der Waals surface area (Å²) in [5.41, 5.74) is 0. The molecule has 0 radical (unpaired) electrons. The molecular weight excluding hydrogens is 234 g/mol. The fraction of sp³-hybridized carbons (Fsp3) is 0.923. The first-order valence-corrected chi connectivity index (χ1v) is 6.56. The fourth-order valence-electron chi connectivity index (χ4n) is 3.17. The van der Waals surface area contributed by atoms with Gasteiger partial charge in [-0.1, -0.05) is 0 Å². The maximum atomic E-state index is 9.77. The van der Waals surface area contributed by atoms with Crippen molar-refractivity contribution >= 4 is 0 Å². The molecule has 1 aliphatic carbocycles. The van der Waals surface area contributed by atoms with E-state index in [1.165, 1.54) is 0 Å². The third kappa shape index (κ3) is 2.67. The van der Waals surface area contributed by atoms with E-state index in [0.717, 1.165) is 19.3 Å². The highest BCUT2D eigenvalue weighted by molar-refractivity contribution is 4.96. The second kappa shape index (κ2) is 5.98. The number of ether oxygens (including phenoxy) is 2. The lowest BCUT2D eigenvalue weighted by atomic mass is 9.77. The summed E-state index contributed by atoms with van der Waals surface area (Å²) in [6.07, 6.45) is 1.91. The van der Waals surface area contributed by atoms with Gasteiger partial charge in [-0.3, -0.25) is 0 Å². The van der Waals surface area contributed by atoms with Crippen molar-refractivity contribution in [1.29, 1.82) is 5.26 Å². The van der Waals surface area contributed by atoms with Gasteiger partial charge in [0.15, 0.2) is 0 Å². The van der Waals surface area contributed by atoms with Crippen molar-refractivity contribution in [3.8, 4) is 6.07 Å². The first-order valence-electron chi connectivity index (χ1n) is 6.56. The van der Waals surface area contributed by atoms with E-state index >= 15 is 0 Å². The summed E-state index contributed by atoms with van der Waals surface area (Å²) < 4.78 is 11.2. The van der Waals surface area contributed by atoms with Crippen LogP contribution in [0.5, 0.6) is 0 Å². The molecule has 1 saturated heterocycles. The molecule has 1 aliphatic heterocycles. The summed E-state index contributed by atoms with van der Waals surface area (Å²) in [6, 6.07) is 2.30. The van der Waals surface area contributed by atoms with Crippen molar-refractivity contribution in [3.63, 3.8) is 0 Å². The van der Waals surface area contributed by atoms with Crippen LogP contribution >= 0.6 is 0 Å². The van der Waals surface area contributed by atoms with Gasteiger partial charge in [0.25, 0.3) is 0 Å². The van der Waals surface area contributed by atoms with Gasteiger partial charge in [-0.15, -0.1) is 0 Å². The molecule has 6 unspecified atom stereocenters. The maximum absolute atomic E-state index is 9.77. The average Bonchev–Trinajstić information content (AvgIpc) is 2.79. The summed E-state index contributed by atoms with van der Waals surface area (Å²) in [7, 11) is 1.66. The number of rotatable bonds is 3. The van der Waals surface area contributed by atoms with E-state index in [4.69, 9.17) is 19.8 Å². The molecule has 2 aliphatic rings. The lowest BCUT2D eigenvalue weighted by molar-refractivity contribution is -0.0837. The predicted octanol–water partition coefficient (Wildman–Crippen LogP) is 0.452. The zero-order valence-electron chi connectivity index (χ0n) is 10.7. The molecule has 1 heterocycles. The molecule has 0 amide bonds. The minimum Gasteiger partial charge on any atom is -0.394 e. The van der Waals surface area contributed by atoms with E-state index in [-0.39, 0.29) is 30.7 Å². The highest BCUT2D eigenvalue weighted by Gasteiger charge is 2.43. The molecule has 1 saturated carbocycles. The summed E-state index contributed by atoms with van der Waals surface area (Å²) in [4.78, 5) is 0. The van der Waals surface area contributed by atoms with Crippen LogP contribution in [-0.2, 0) is 9.47 Å². The Morgan fingerprint density at radius 2 is 2.17 bits per heavy atom. The minimum absolute atomic E-state index is 0.0121. The molecule has 6 atom stereocenters. The van der Waals surface area contributed by atoms with Crippen LogP contribution in [-0.4, -0.2) is 48.3 Å². The first-order chi connectivity index (χ1) is 8.69. The fourth-order valence-corrected chi connectivity index (χ4v) is 3.17. The van der Waals surface area contributed by atoms with Gasteiger partial charge in [0.2, 0.25) is 0 Å². The molecular formula is C13H21NO4. The van der Waals surface area contributed by atoms with E-state index in [2.05, 4.69) is 6.07 Å². The second-order valence-electron chi connectivity index (χ2n) is 5.28. The number of aliphatic hydroxyl groups is 2. The molecule has 0 spiro atoms. The van der Waals surface area contributed by atoms with Crippen LogP contribution < -0.4 is 0 Å². The summed E-state index contributed by atoms with van der Waals surface area (Å²) in [5.74, 6) is 0.275. The van der Waals surface area contributed by atoms with Crippen LogP contribution in [0.3, 0.4) is 0 Å². The Labute approximate surface area is 107 Å². The number of nitrogens with zero attached hydrogens (tertiary/aromatic N) is 1. The zero-order chi connectivity index (χ0) is 13.1. The number of hydrogen-bond donors (Lipinski definition) is 2. The third-order valence-electron chi connectivity index (χ3n) is 4.24. The zero-order valence-corrected chi connectivity index (χ0v) is 10.7. The lowest BCUT2D eigenvalue weighted by Crippen LogP contribution is -2.38. The molecule has 5 heteroatoms. The van der Waals surface area contributed by atoms with E-state index in [9.17, 15) is 5.11 Å².